The van der Waals surface area contributed by atoms with E-state index in [0.717, 1.165) is 37.8 Å². The van der Waals surface area contributed by atoms with Gasteiger partial charge in [0.25, 0.3) is 0 Å². The highest BCUT2D eigenvalue weighted by Crippen LogP contribution is 2.08. The van der Waals surface area contributed by atoms with Crippen LogP contribution in [0.25, 0.3) is 0 Å². The number of hydrogen-bond acceptors (Lipinski definition) is 3. The number of hydrogen-bond donors (Lipinski definition) is 1. The van der Waals surface area contributed by atoms with Crippen LogP contribution in [-0.4, -0.2) is 35.5 Å². The Kier molecular flexibility index (Phi) is 6.13. The largest absolute Gasteiger partial charge is 0.334 e. The van der Waals surface area contributed by atoms with Crippen LogP contribution in [-0.2, 0) is 16.0 Å². The maximum Gasteiger partial charge on any atom is 0.329 e. The second-order valence-corrected chi connectivity index (χ2v) is 5.63. The van der Waals surface area contributed by atoms with Gasteiger partial charge >= 0.3 is 11.8 Å². The van der Waals surface area contributed by atoms with Crippen molar-refractivity contribution in [3.8, 4) is 0 Å². The van der Waals surface area contributed by atoms with Crippen molar-refractivity contribution in [2.75, 3.05) is 13.1 Å². The molecule has 0 unspecified atom stereocenters. The molecule has 22 heavy (non-hydrogen) atoms. The highest BCUT2D eigenvalue weighted by Gasteiger charge is 2.22. The number of amides is 2. The summed E-state index contributed by atoms with van der Waals surface area (Å²) in [6, 6.07) is 10.1. The van der Waals surface area contributed by atoms with Crippen molar-refractivity contribution in [1.82, 2.24) is 10.3 Å². The maximum absolute atomic E-state index is 11.9. The van der Waals surface area contributed by atoms with Crippen molar-refractivity contribution in [2.45, 2.75) is 39.0 Å². The number of hydrazone groups is 1. The third-order valence-corrected chi connectivity index (χ3v) is 3.80. The summed E-state index contributed by atoms with van der Waals surface area (Å²) in [7, 11) is 0. The third-order valence-electron chi connectivity index (χ3n) is 3.80. The summed E-state index contributed by atoms with van der Waals surface area (Å²) >= 11 is 0. The summed E-state index contributed by atoms with van der Waals surface area (Å²) in [5, 5.41) is 4.02. The number of carbonyl (C=O) groups excluding carboxylic acids is 2. The summed E-state index contributed by atoms with van der Waals surface area (Å²) in [5.74, 6) is -1.11. The van der Waals surface area contributed by atoms with E-state index in [2.05, 4.69) is 22.7 Å². The number of nitrogens with zero attached hydrogens (tertiary/aromatic N) is 2. The zero-order valence-corrected chi connectivity index (χ0v) is 13.0. The second-order valence-electron chi connectivity index (χ2n) is 5.63. The van der Waals surface area contributed by atoms with Crippen molar-refractivity contribution < 1.29 is 9.59 Å². The summed E-state index contributed by atoms with van der Waals surface area (Å²) in [4.78, 5) is 25.4. The molecule has 1 aliphatic rings. The zero-order chi connectivity index (χ0) is 15.8. The Hall–Kier alpha value is -2.17. The van der Waals surface area contributed by atoms with E-state index in [1.165, 1.54) is 5.56 Å². The average Bonchev–Trinajstić information content (AvgIpc) is 2.58. The summed E-state index contributed by atoms with van der Waals surface area (Å²) in [6.45, 7) is 3.19. The number of likely N-dealkylation sites (tertiary alicyclic amines) is 1. The number of carbonyl (C=O) groups is 2. The van der Waals surface area contributed by atoms with Crippen LogP contribution in [0.4, 0.5) is 0 Å². The van der Waals surface area contributed by atoms with Crippen LogP contribution in [0, 0.1) is 0 Å². The zero-order valence-electron chi connectivity index (χ0n) is 13.0. The van der Waals surface area contributed by atoms with Gasteiger partial charge in [0.2, 0.25) is 0 Å². The van der Waals surface area contributed by atoms with Crippen molar-refractivity contribution in [3.05, 3.63) is 35.9 Å². The minimum atomic E-state index is -0.638. The van der Waals surface area contributed by atoms with E-state index in [9.17, 15) is 9.59 Å². The number of nitrogens with one attached hydrogen (secondary N) is 1. The van der Waals surface area contributed by atoms with Crippen molar-refractivity contribution >= 4 is 17.5 Å². The van der Waals surface area contributed by atoms with E-state index >= 15 is 0 Å². The Morgan fingerprint density at radius 1 is 1.14 bits per heavy atom. The van der Waals surface area contributed by atoms with Crippen LogP contribution in [0.1, 0.15) is 38.2 Å². The van der Waals surface area contributed by atoms with Crippen molar-refractivity contribution in [1.29, 1.82) is 0 Å². The van der Waals surface area contributed by atoms with Gasteiger partial charge in [0, 0.05) is 18.8 Å². The molecule has 0 aromatic heterocycles. The molecule has 1 aromatic carbocycles. The van der Waals surface area contributed by atoms with Gasteiger partial charge in [-0.25, -0.2) is 5.43 Å². The minimum Gasteiger partial charge on any atom is -0.334 e. The molecule has 1 aromatic rings. The molecule has 0 aliphatic carbocycles. The topological polar surface area (TPSA) is 61.8 Å². The predicted octanol–water partition coefficient (Wildman–Crippen LogP) is 2.12. The Morgan fingerprint density at radius 2 is 1.82 bits per heavy atom. The van der Waals surface area contributed by atoms with Crippen LogP contribution in [0.5, 0.6) is 0 Å². The molecule has 1 heterocycles. The quantitative estimate of drug-likeness (QED) is 0.526. The fourth-order valence-electron chi connectivity index (χ4n) is 2.46. The van der Waals surface area contributed by atoms with Crippen molar-refractivity contribution in [3.63, 3.8) is 0 Å². The average molecular weight is 301 g/mol. The highest BCUT2D eigenvalue weighted by molar-refractivity contribution is 6.35. The van der Waals surface area contributed by atoms with Gasteiger partial charge in [-0.05, 0) is 44.6 Å². The first-order chi connectivity index (χ1) is 10.7. The molecule has 0 radical (unpaired) electrons. The molecule has 118 valence electrons. The molecule has 1 fully saturated rings. The van der Waals surface area contributed by atoms with E-state index in [-0.39, 0.29) is 0 Å². The van der Waals surface area contributed by atoms with Gasteiger partial charge in [-0.2, -0.15) is 5.10 Å². The van der Waals surface area contributed by atoms with Gasteiger partial charge in [0.15, 0.2) is 0 Å². The fourth-order valence-corrected chi connectivity index (χ4v) is 2.46. The van der Waals surface area contributed by atoms with Gasteiger partial charge in [0.05, 0.1) is 0 Å². The lowest BCUT2D eigenvalue weighted by Gasteiger charge is -2.25. The second kappa shape index (κ2) is 8.32. The third kappa shape index (κ3) is 4.98. The molecule has 1 N–H and O–H groups in total. The molecule has 1 aliphatic heterocycles. The molecule has 0 spiro atoms. The van der Waals surface area contributed by atoms with Crippen molar-refractivity contribution in [2.24, 2.45) is 5.10 Å². The van der Waals surface area contributed by atoms with Crippen LogP contribution < -0.4 is 5.43 Å². The summed E-state index contributed by atoms with van der Waals surface area (Å²) in [6.07, 6.45) is 4.69. The number of benzene rings is 1. The molecule has 0 saturated carbocycles. The van der Waals surface area contributed by atoms with E-state index in [0.29, 0.717) is 13.1 Å². The molecule has 2 amide bonds. The first-order valence-corrected chi connectivity index (χ1v) is 7.83. The summed E-state index contributed by atoms with van der Waals surface area (Å²) < 4.78 is 0. The van der Waals surface area contributed by atoms with Crippen LogP contribution in [0.15, 0.2) is 35.4 Å². The molecule has 2 rings (SSSR count). The first kappa shape index (κ1) is 16.2. The van der Waals surface area contributed by atoms with Crippen LogP contribution >= 0.6 is 0 Å². The first-order valence-electron chi connectivity index (χ1n) is 7.83. The molecule has 5 nitrogen and oxygen atoms in total. The molecule has 5 heteroatoms. The number of piperidine rings is 1. The Balaban J connectivity index is 1.77. The van der Waals surface area contributed by atoms with Gasteiger partial charge in [0.1, 0.15) is 0 Å². The van der Waals surface area contributed by atoms with Crippen LogP contribution in [0.2, 0.25) is 0 Å². The standard InChI is InChI=1S/C17H23N3O2/c1-14(10-11-15-8-4-2-5-9-15)18-19-16(21)17(22)20-12-6-3-7-13-20/h2,4-5,8-9H,3,6-7,10-13H2,1H3,(H,19,21)/b18-14+. The Morgan fingerprint density at radius 3 is 2.50 bits per heavy atom. The van der Waals surface area contributed by atoms with Gasteiger partial charge in [-0.1, -0.05) is 30.3 Å². The maximum atomic E-state index is 11.9. The molecular formula is C17H23N3O2. The molecular weight excluding hydrogens is 278 g/mol. The molecule has 1 saturated heterocycles. The Bertz CT molecular complexity index is 534. The lowest BCUT2D eigenvalue weighted by Crippen LogP contribution is -2.44. The molecule has 0 atom stereocenters. The number of aryl methyl sites for hydroxylation is 1. The SMILES string of the molecule is C/C(CCc1ccccc1)=N\NC(=O)C(=O)N1CCCCC1. The smallest absolute Gasteiger partial charge is 0.329 e. The molecule has 0 bridgehead atoms. The van der Waals surface area contributed by atoms with E-state index in [1.54, 1.807) is 4.90 Å². The lowest BCUT2D eigenvalue weighted by molar-refractivity contribution is -0.146. The predicted molar refractivity (Wildman–Crippen MR) is 86.4 cm³/mol. The van der Waals surface area contributed by atoms with Gasteiger partial charge in [-0.15, -0.1) is 0 Å². The number of rotatable bonds is 4. The summed E-state index contributed by atoms with van der Waals surface area (Å²) in [5.41, 5.74) is 4.41. The van der Waals surface area contributed by atoms with E-state index < -0.39 is 11.8 Å². The Labute approximate surface area is 131 Å². The van der Waals surface area contributed by atoms with E-state index in [4.69, 9.17) is 0 Å². The van der Waals surface area contributed by atoms with Gasteiger partial charge < -0.3 is 4.90 Å². The normalized spacial score (nSPS) is 15.5. The fraction of sp³-hybridized carbons (Fsp3) is 0.471. The minimum absolute atomic E-state index is 0.473. The van der Waals surface area contributed by atoms with E-state index in [1.807, 2.05) is 25.1 Å². The monoisotopic (exact) mass is 301 g/mol. The van der Waals surface area contributed by atoms with Crippen LogP contribution in [0.3, 0.4) is 0 Å². The lowest BCUT2D eigenvalue weighted by atomic mass is 10.1. The highest BCUT2D eigenvalue weighted by atomic mass is 16.2. The van der Waals surface area contributed by atoms with Gasteiger partial charge in [-0.3, -0.25) is 9.59 Å².